The van der Waals surface area contributed by atoms with Crippen LogP contribution >= 0.6 is 0 Å². The van der Waals surface area contributed by atoms with Crippen LogP contribution in [0, 0.1) is 10.1 Å². The van der Waals surface area contributed by atoms with Gasteiger partial charge >= 0.3 is 0 Å². The number of hydrogen-bond acceptors (Lipinski definition) is 6. The highest BCUT2D eigenvalue weighted by Crippen LogP contribution is 2.23. The quantitative estimate of drug-likeness (QED) is 0.483. The van der Waals surface area contributed by atoms with Crippen LogP contribution < -0.4 is 15.5 Å². The Morgan fingerprint density at radius 1 is 1.00 bits per heavy atom. The van der Waals surface area contributed by atoms with E-state index in [-0.39, 0.29) is 29.6 Å². The van der Waals surface area contributed by atoms with Crippen LogP contribution in [0.5, 0.6) is 0 Å². The minimum absolute atomic E-state index is 0.0726. The first-order chi connectivity index (χ1) is 11.6. The fraction of sp³-hybridized carbons (Fsp3) is 0.500. The van der Waals surface area contributed by atoms with Crippen molar-refractivity contribution in [3.8, 4) is 0 Å². The van der Waals surface area contributed by atoms with E-state index in [2.05, 4.69) is 10.6 Å². The maximum absolute atomic E-state index is 12.8. The van der Waals surface area contributed by atoms with Gasteiger partial charge in [0.25, 0.3) is 17.5 Å². The van der Waals surface area contributed by atoms with E-state index in [9.17, 15) is 19.7 Å². The second-order valence-electron chi connectivity index (χ2n) is 6.08. The Balaban J connectivity index is 1.89. The fourth-order valence-electron chi connectivity index (χ4n) is 3.19. The molecule has 1 aromatic carbocycles. The van der Waals surface area contributed by atoms with E-state index >= 15 is 0 Å². The largest absolute Gasteiger partial charge is 0.306 e. The van der Waals surface area contributed by atoms with Gasteiger partial charge in [-0.1, -0.05) is 0 Å². The number of carbonyl (C=O) groups is 2. The van der Waals surface area contributed by atoms with E-state index in [0.29, 0.717) is 18.5 Å². The molecule has 128 valence electrons. The lowest BCUT2D eigenvalue weighted by Gasteiger charge is -2.26. The van der Waals surface area contributed by atoms with Gasteiger partial charge in [-0.15, -0.1) is 0 Å². The van der Waals surface area contributed by atoms with Gasteiger partial charge in [-0.05, 0) is 50.9 Å². The predicted octanol–water partition coefficient (Wildman–Crippen LogP) is 0.958. The molecule has 0 radical (unpaired) electrons. The topological polar surface area (TPSA) is 105 Å². The van der Waals surface area contributed by atoms with Crippen molar-refractivity contribution in [3.05, 3.63) is 34.4 Å². The summed E-state index contributed by atoms with van der Waals surface area (Å²) >= 11 is 0. The molecule has 2 N–H and O–H groups in total. The number of benzene rings is 1. The highest BCUT2D eigenvalue weighted by molar-refractivity contribution is 6.18. The normalized spacial score (nSPS) is 23.2. The van der Waals surface area contributed by atoms with E-state index in [1.165, 1.54) is 29.2 Å². The van der Waals surface area contributed by atoms with E-state index in [1.54, 1.807) is 0 Å². The lowest BCUT2D eigenvalue weighted by Crippen LogP contribution is -2.52. The maximum Gasteiger partial charge on any atom is 0.269 e. The summed E-state index contributed by atoms with van der Waals surface area (Å²) in [5.74, 6) is -0.583. The summed E-state index contributed by atoms with van der Waals surface area (Å²) in [6.45, 7) is 1.50. The first kappa shape index (κ1) is 16.5. The third-order valence-corrected chi connectivity index (χ3v) is 4.48. The van der Waals surface area contributed by atoms with Crippen LogP contribution in [0.1, 0.15) is 25.7 Å². The lowest BCUT2D eigenvalue weighted by atomic mass is 10.1. The second-order valence-corrected chi connectivity index (χ2v) is 6.08. The number of rotatable bonds is 4. The van der Waals surface area contributed by atoms with Crippen LogP contribution in [-0.2, 0) is 9.59 Å². The molecule has 2 unspecified atom stereocenters. The van der Waals surface area contributed by atoms with Crippen molar-refractivity contribution in [2.45, 2.75) is 37.8 Å². The minimum atomic E-state index is -0.505. The molecule has 0 bridgehead atoms. The Morgan fingerprint density at radius 3 is 1.88 bits per heavy atom. The van der Waals surface area contributed by atoms with Gasteiger partial charge in [0.15, 0.2) is 0 Å². The van der Waals surface area contributed by atoms with Crippen LogP contribution in [0.2, 0.25) is 0 Å². The van der Waals surface area contributed by atoms with E-state index in [1.807, 2.05) is 0 Å². The number of amides is 2. The first-order valence-electron chi connectivity index (χ1n) is 8.17. The molecule has 24 heavy (non-hydrogen) atoms. The van der Waals surface area contributed by atoms with Crippen LogP contribution in [0.4, 0.5) is 11.4 Å². The van der Waals surface area contributed by atoms with Gasteiger partial charge in [-0.3, -0.25) is 19.7 Å². The summed E-state index contributed by atoms with van der Waals surface area (Å²) in [5.41, 5.74) is 0.301. The molecular weight excluding hydrogens is 312 g/mol. The zero-order valence-electron chi connectivity index (χ0n) is 13.2. The molecule has 8 nitrogen and oxygen atoms in total. The summed E-state index contributed by atoms with van der Waals surface area (Å²) in [7, 11) is 0. The summed E-state index contributed by atoms with van der Waals surface area (Å²) in [5, 5.41) is 17.0. The van der Waals surface area contributed by atoms with Crippen molar-refractivity contribution < 1.29 is 14.5 Å². The van der Waals surface area contributed by atoms with E-state index in [4.69, 9.17) is 0 Å². The molecular formula is C16H20N4O4. The van der Waals surface area contributed by atoms with Gasteiger partial charge in [-0.25, -0.2) is 4.90 Å². The Bertz CT molecular complexity index is 606. The number of nitro groups is 1. The molecule has 2 saturated heterocycles. The van der Waals surface area contributed by atoms with Crippen molar-refractivity contribution >= 4 is 23.2 Å². The van der Waals surface area contributed by atoms with Crippen molar-refractivity contribution in [2.75, 3.05) is 18.0 Å². The summed E-state index contributed by atoms with van der Waals surface area (Å²) in [4.78, 5) is 37.2. The molecule has 2 fully saturated rings. The number of non-ortho nitro benzene ring substituents is 1. The zero-order valence-corrected chi connectivity index (χ0v) is 13.2. The number of nitrogens with one attached hydrogen (secondary N) is 2. The van der Waals surface area contributed by atoms with Crippen LogP contribution in [0.3, 0.4) is 0 Å². The van der Waals surface area contributed by atoms with E-state index < -0.39 is 4.92 Å². The molecule has 8 heteroatoms. The molecule has 2 aliphatic heterocycles. The monoisotopic (exact) mass is 332 g/mol. The lowest BCUT2D eigenvalue weighted by molar-refractivity contribution is -0.384. The van der Waals surface area contributed by atoms with Crippen molar-refractivity contribution in [3.63, 3.8) is 0 Å². The Labute approximate surface area is 139 Å². The van der Waals surface area contributed by atoms with Gasteiger partial charge in [0.1, 0.15) is 0 Å². The van der Waals surface area contributed by atoms with E-state index in [0.717, 1.165) is 25.9 Å². The smallest absolute Gasteiger partial charge is 0.269 e. The van der Waals surface area contributed by atoms with Crippen molar-refractivity contribution in [1.29, 1.82) is 0 Å². The minimum Gasteiger partial charge on any atom is -0.306 e. The molecule has 1 aromatic rings. The maximum atomic E-state index is 12.8. The molecule has 0 saturated carbocycles. The molecule has 3 rings (SSSR count). The number of hydrogen-bond donors (Lipinski definition) is 2. The average Bonchev–Trinajstić information content (AvgIpc) is 3.29. The standard InChI is InChI=1S/C16H20N4O4/c21-15(13-3-1-9-17-13)19(16(22)14-4-2-10-18-14)11-5-7-12(8-6-11)20(23)24/h5-8,13-14,17-18H,1-4,9-10H2. The van der Waals surface area contributed by atoms with Crippen LogP contribution in [-0.4, -0.2) is 41.9 Å². The molecule has 0 spiro atoms. The van der Waals surface area contributed by atoms with Crippen LogP contribution in [0.25, 0.3) is 0 Å². The number of nitrogens with zero attached hydrogens (tertiary/aromatic N) is 2. The third kappa shape index (κ3) is 3.29. The number of imide groups is 1. The van der Waals surface area contributed by atoms with Gasteiger partial charge in [-0.2, -0.15) is 0 Å². The van der Waals surface area contributed by atoms with Crippen molar-refractivity contribution in [2.24, 2.45) is 0 Å². The fourth-order valence-corrected chi connectivity index (χ4v) is 3.19. The van der Waals surface area contributed by atoms with Gasteiger partial charge in [0, 0.05) is 12.1 Å². The Morgan fingerprint density at radius 2 is 1.50 bits per heavy atom. The molecule has 2 amide bonds. The van der Waals surface area contributed by atoms with Crippen LogP contribution in [0.15, 0.2) is 24.3 Å². The highest BCUT2D eigenvalue weighted by atomic mass is 16.6. The van der Waals surface area contributed by atoms with Gasteiger partial charge < -0.3 is 10.6 Å². The first-order valence-corrected chi connectivity index (χ1v) is 8.17. The molecule has 2 atom stereocenters. The average molecular weight is 332 g/mol. The molecule has 0 aromatic heterocycles. The summed E-state index contributed by atoms with van der Waals surface area (Å²) in [6, 6.07) is 4.77. The molecule has 2 aliphatic rings. The summed E-state index contributed by atoms with van der Waals surface area (Å²) < 4.78 is 0. The summed E-state index contributed by atoms with van der Waals surface area (Å²) in [6.07, 6.45) is 3.15. The molecule has 2 heterocycles. The third-order valence-electron chi connectivity index (χ3n) is 4.48. The zero-order chi connectivity index (χ0) is 17.1. The number of anilines is 1. The molecule has 0 aliphatic carbocycles. The number of carbonyl (C=O) groups excluding carboxylic acids is 2. The Hall–Kier alpha value is -2.32. The Kier molecular flexibility index (Phi) is 4.86. The second kappa shape index (κ2) is 7.06. The van der Waals surface area contributed by atoms with Gasteiger partial charge in [0.05, 0.1) is 22.7 Å². The predicted molar refractivity (Wildman–Crippen MR) is 87.6 cm³/mol. The van der Waals surface area contributed by atoms with Gasteiger partial charge in [0.2, 0.25) is 0 Å². The SMILES string of the molecule is O=C(C1CCCN1)N(C(=O)C1CCCN1)c1ccc([N+](=O)[O-])cc1. The highest BCUT2D eigenvalue weighted by Gasteiger charge is 2.36. The number of nitro benzene ring substituents is 1. The van der Waals surface area contributed by atoms with Crippen molar-refractivity contribution in [1.82, 2.24) is 10.6 Å².